The molecule has 2 aromatic rings. The van der Waals surface area contributed by atoms with Gasteiger partial charge in [-0.05, 0) is 18.2 Å². The average molecular weight is 418 g/mol. The number of carbonyl (C=O) groups is 1. The highest BCUT2D eigenvalue weighted by Gasteiger charge is 2.31. The van der Waals surface area contributed by atoms with E-state index in [1.54, 1.807) is 17.3 Å². The summed E-state index contributed by atoms with van der Waals surface area (Å²) >= 11 is 0. The fourth-order valence-electron chi connectivity index (χ4n) is 2.98. The highest BCUT2D eigenvalue weighted by Crippen LogP contribution is 2.25. The molecular formula is C16H21ClFN5O3S. The number of amides is 1. The van der Waals surface area contributed by atoms with Gasteiger partial charge in [-0.1, -0.05) is 0 Å². The van der Waals surface area contributed by atoms with Crippen LogP contribution in [0.1, 0.15) is 22.2 Å². The van der Waals surface area contributed by atoms with Crippen molar-refractivity contribution < 1.29 is 17.6 Å². The maximum absolute atomic E-state index is 13.9. The van der Waals surface area contributed by atoms with Crippen molar-refractivity contribution >= 4 is 34.0 Å². The lowest BCUT2D eigenvalue weighted by Gasteiger charge is -2.35. The number of hydrogen-bond donors (Lipinski definition) is 2. The van der Waals surface area contributed by atoms with Gasteiger partial charge in [0.05, 0.1) is 11.9 Å². The monoisotopic (exact) mass is 417 g/mol. The number of piperazine rings is 1. The summed E-state index contributed by atoms with van der Waals surface area (Å²) < 4.78 is 40.6. The number of sulfonamides is 1. The van der Waals surface area contributed by atoms with Gasteiger partial charge in [-0.3, -0.25) is 9.52 Å². The molecule has 0 bridgehead atoms. The molecule has 1 aromatic heterocycles. The van der Waals surface area contributed by atoms with Gasteiger partial charge in [0.15, 0.2) is 0 Å². The summed E-state index contributed by atoms with van der Waals surface area (Å²) in [6, 6.07) is 3.38. The second-order valence-electron chi connectivity index (χ2n) is 6.18. The molecule has 8 nitrogen and oxygen atoms in total. The van der Waals surface area contributed by atoms with Crippen LogP contribution < -0.4 is 10.0 Å². The Morgan fingerprint density at radius 2 is 2.15 bits per heavy atom. The largest absolute Gasteiger partial charge is 0.336 e. The highest BCUT2D eigenvalue weighted by molar-refractivity contribution is 7.92. The van der Waals surface area contributed by atoms with Gasteiger partial charge in [-0.2, -0.15) is 0 Å². The predicted octanol–water partition coefficient (Wildman–Crippen LogP) is 1.14. The number of carbonyl (C=O) groups excluding carboxylic acids is 1. The Morgan fingerprint density at radius 3 is 2.78 bits per heavy atom. The third kappa shape index (κ3) is 4.76. The fraction of sp³-hybridized carbons (Fsp3) is 0.375. The average Bonchev–Trinajstić information content (AvgIpc) is 3.01. The summed E-state index contributed by atoms with van der Waals surface area (Å²) in [6.07, 6.45) is 4.39. The number of nitrogens with one attached hydrogen (secondary N) is 2. The molecule has 1 atom stereocenters. The zero-order valence-corrected chi connectivity index (χ0v) is 16.5. The van der Waals surface area contributed by atoms with E-state index in [0.29, 0.717) is 19.6 Å². The number of aryl methyl sites for hydroxylation is 1. The molecule has 27 heavy (non-hydrogen) atoms. The summed E-state index contributed by atoms with van der Waals surface area (Å²) in [4.78, 5) is 19.0. The smallest absolute Gasteiger partial charge is 0.254 e. The first kappa shape index (κ1) is 21.1. The van der Waals surface area contributed by atoms with Crippen molar-refractivity contribution in [1.29, 1.82) is 0 Å². The van der Waals surface area contributed by atoms with Crippen LogP contribution in [0.2, 0.25) is 0 Å². The van der Waals surface area contributed by atoms with Crippen LogP contribution in [0.3, 0.4) is 0 Å². The Kier molecular flexibility index (Phi) is 6.45. The van der Waals surface area contributed by atoms with Crippen LogP contribution in [0.15, 0.2) is 30.6 Å². The molecule has 148 valence electrons. The molecule has 0 saturated carbocycles. The van der Waals surface area contributed by atoms with Gasteiger partial charge >= 0.3 is 0 Å². The minimum atomic E-state index is -3.66. The maximum Gasteiger partial charge on any atom is 0.254 e. The Bertz CT molecular complexity index is 934. The molecule has 1 amide bonds. The predicted molar refractivity (Wildman–Crippen MR) is 102 cm³/mol. The van der Waals surface area contributed by atoms with E-state index in [1.807, 2.05) is 11.6 Å². The highest BCUT2D eigenvalue weighted by atomic mass is 35.5. The molecule has 1 aliphatic rings. The van der Waals surface area contributed by atoms with E-state index in [0.717, 1.165) is 18.1 Å². The van der Waals surface area contributed by atoms with E-state index >= 15 is 0 Å². The number of imidazole rings is 1. The van der Waals surface area contributed by atoms with Crippen LogP contribution in [0.4, 0.5) is 10.1 Å². The van der Waals surface area contributed by atoms with Crippen LogP contribution in [0, 0.1) is 5.82 Å². The van der Waals surface area contributed by atoms with Crippen molar-refractivity contribution in [2.75, 3.05) is 30.6 Å². The first-order chi connectivity index (χ1) is 12.3. The molecule has 1 saturated heterocycles. The third-order valence-electron chi connectivity index (χ3n) is 4.17. The van der Waals surface area contributed by atoms with Crippen molar-refractivity contribution in [2.24, 2.45) is 7.05 Å². The standard InChI is InChI=1S/C16H20FN5O3S.ClH/c1-21-7-6-19-15(21)14-10-18-5-8-22(14)16(23)11-3-4-12(17)13(9-11)20-26(2,24)25;/h3-4,6-7,9,14,18,20H,5,8,10H2,1-2H3;1H. The van der Waals surface area contributed by atoms with E-state index in [2.05, 4.69) is 15.0 Å². The first-order valence-corrected chi connectivity index (χ1v) is 9.91. The summed E-state index contributed by atoms with van der Waals surface area (Å²) in [5.41, 5.74) is -0.0410. The number of nitrogens with zero attached hydrogens (tertiary/aromatic N) is 3. The van der Waals surface area contributed by atoms with Crippen molar-refractivity contribution in [1.82, 2.24) is 19.8 Å². The fourth-order valence-corrected chi connectivity index (χ4v) is 3.53. The van der Waals surface area contributed by atoms with E-state index in [9.17, 15) is 17.6 Å². The zero-order chi connectivity index (χ0) is 18.9. The van der Waals surface area contributed by atoms with Gasteiger partial charge in [0, 0.05) is 44.6 Å². The van der Waals surface area contributed by atoms with E-state index in [1.165, 1.54) is 12.1 Å². The summed E-state index contributed by atoms with van der Waals surface area (Å²) in [7, 11) is -1.80. The summed E-state index contributed by atoms with van der Waals surface area (Å²) in [5, 5.41) is 3.24. The third-order valence-corrected chi connectivity index (χ3v) is 4.76. The van der Waals surface area contributed by atoms with Gasteiger partial charge in [0.25, 0.3) is 5.91 Å². The van der Waals surface area contributed by atoms with Gasteiger partial charge in [-0.25, -0.2) is 17.8 Å². The number of benzene rings is 1. The maximum atomic E-state index is 13.9. The van der Waals surface area contributed by atoms with Crippen LogP contribution in [0.25, 0.3) is 0 Å². The normalized spacial score (nSPS) is 17.3. The molecular weight excluding hydrogens is 397 g/mol. The van der Waals surface area contributed by atoms with Crippen LogP contribution >= 0.6 is 12.4 Å². The number of rotatable bonds is 4. The van der Waals surface area contributed by atoms with Crippen molar-refractivity contribution in [3.8, 4) is 0 Å². The molecule has 2 N–H and O–H groups in total. The van der Waals surface area contributed by atoms with Crippen molar-refractivity contribution in [3.63, 3.8) is 0 Å². The molecule has 0 radical (unpaired) electrons. The minimum Gasteiger partial charge on any atom is -0.336 e. The molecule has 0 spiro atoms. The molecule has 1 aliphatic heterocycles. The number of hydrogen-bond acceptors (Lipinski definition) is 5. The number of aromatic nitrogens is 2. The molecule has 1 fully saturated rings. The minimum absolute atomic E-state index is 0. The molecule has 1 aromatic carbocycles. The zero-order valence-electron chi connectivity index (χ0n) is 14.8. The van der Waals surface area contributed by atoms with Gasteiger partial charge in [-0.15, -0.1) is 12.4 Å². The lowest BCUT2D eigenvalue weighted by Crippen LogP contribution is -2.49. The number of anilines is 1. The molecule has 0 aliphatic carbocycles. The first-order valence-electron chi connectivity index (χ1n) is 8.02. The van der Waals surface area contributed by atoms with Gasteiger partial charge in [0.1, 0.15) is 17.7 Å². The Hall–Kier alpha value is -2.17. The van der Waals surface area contributed by atoms with Crippen LogP contribution in [-0.2, 0) is 17.1 Å². The lowest BCUT2D eigenvalue weighted by molar-refractivity contribution is 0.0621. The quantitative estimate of drug-likeness (QED) is 0.777. The molecule has 3 rings (SSSR count). The number of halogens is 2. The van der Waals surface area contributed by atoms with E-state index < -0.39 is 15.8 Å². The second-order valence-corrected chi connectivity index (χ2v) is 7.93. The van der Waals surface area contributed by atoms with Crippen LogP contribution in [-0.4, -0.2) is 54.7 Å². The van der Waals surface area contributed by atoms with E-state index in [4.69, 9.17) is 0 Å². The lowest BCUT2D eigenvalue weighted by atomic mass is 10.1. The summed E-state index contributed by atoms with van der Waals surface area (Å²) in [6.45, 7) is 1.64. The van der Waals surface area contributed by atoms with Crippen LogP contribution in [0.5, 0.6) is 0 Å². The molecule has 1 unspecified atom stereocenters. The molecule has 2 heterocycles. The summed E-state index contributed by atoms with van der Waals surface area (Å²) in [5.74, 6) is -0.314. The SMILES string of the molecule is Cl.Cn1ccnc1C1CNCCN1C(=O)c1ccc(F)c(NS(C)(=O)=O)c1. The Balaban J connectivity index is 0.00000261. The van der Waals surface area contributed by atoms with Gasteiger partial charge in [0.2, 0.25) is 10.0 Å². The van der Waals surface area contributed by atoms with Crippen molar-refractivity contribution in [3.05, 3.63) is 47.8 Å². The van der Waals surface area contributed by atoms with E-state index in [-0.39, 0.29) is 35.6 Å². The van der Waals surface area contributed by atoms with Crippen molar-refractivity contribution in [2.45, 2.75) is 6.04 Å². The Morgan fingerprint density at radius 1 is 1.41 bits per heavy atom. The Labute approximate surface area is 163 Å². The second kappa shape index (κ2) is 8.24. The van der Waals surface area contributed by atoms with Gasteiger partial charge < -0.3 is 14.8 Å². The molecule has 11 heteroatoms. The topological polar surface area (TPSA) is 96.3 Å².